The molecule has 1 atom stereocenters. The molecule has 0 radical (unpaired) electrons. The number of hydrogen-bond acceptors (Lipinski definition) is 8. The molecule has 11 heteroatoms. The van der Waals surface area contributed by atoms with Crippen molar-refractivity contribution in [2.75, 3.05) is 12.4 Å². The van der Waals surface area contributed by atoms with Crippen LogP contribution < -0.4 is 10.6 Å². The number of carbonyl (C=O) groups excluding carboxylic acids is 2. The Morgan fingerprint density at radius 1 is 1.29 bits per heavy atom. The third kappa shape index (κ3) is 5.04. The molecule has 0 aliphatic carbocycles. The Morgan fingerprint density at radius 2 is 2.12 bits per heavy atom. The quantitative estimate of drug-likeness (QED) is 0.345. The fourth-order valence-electron chi connectivity index (χ4n) is 3.68. The van der Waals surface area contributed by atoms with E-state index < -0.39 is 18.0 Å². The van der Waals surface area contributed by atoms with Crippen LogP contribution in [-0.2, 0) is 16.1 Å². The molecule has 0 spiro atoms. The van der Waals surface area contributed by atoms with Crippen LogP contribution >= 0.6 is 11.8 Å². The van der Waals surface area contributed by atoms with Crippen LogP contribution in [0.2, 0.25) is 0 Å². The number of aryl methyl sites for hydroxylation is 1. The molecule has 1 aliphatic rings. The maximum Gasteiger partial charge on any atom is 0.338 e. The first-order valence-corrected chi connectivity index (χ1v) is 12.0. The Bertz CT molecular complexity index is 1190. The number of carbonyl (C=O) groups is 2. The first kappa shape index (κ1) is 23.7. The van der Waals surface area contributed by atoms with Gasteiger partial charge in [0, 0.05) is 17.4 Å². The molecule has 0 saturated carbocycles. The number of nitrogens with one attached hydrogen (secondary N) is 2. The third-order valence-electron chi connectivity index (χ3n) is 5.20. The van der Waals surface area contributed by atoms with Crippen molar-refractivity contribution in [3.05, 3.63) is 64.9 Å². The van der Waals surface area contributed by atoms with E-state index in [1.165, 1.54) is 11.8 Å². The van der Waals surface area contributed by atoms with E-state index in [9.17, 15) is 9.59 Å². The summed E-state index contributed by atoms with van der Waals surface area (Å²) in [5.74, 6) is 2.62. The van der Waals surface area contributed by atoms with E-state index in [4.69, 9.17) is 13.6 Å². The number of furan rings is 2. The number of thioether (sulfide) groups is 1. The topological polar surface area (TPSA) is 124 Å². The van der Waals surface area contributed by atoms with E-state index in [0.717, 1.165) is 11.6 Å². The number of esters is 1. The van der Waals surface area contributed by atoms with Gasteiger partial charge < -0.3 is 24.2 Å². The fourth-order valence-corrected chi connectivity index (χ4v) is 4.59. The second-order valence-corrected chi connectivity index (χ2v) is 8.98. The second kappa shape index (κ2) is 10.2. The minimum absolute atomic E-state index is 0.149. The standard InChI is InChI=1S/C23H27N5O5S/c1-5-31-21(29)18-16(24-22(30)25-19(18)17-9-8-14(4)33-17)12-34-23-27-26-20(13(2)3)28(23)11-15-7-6-10-32-15/h6-10,13,19H,5,11-12H2,1-4H3,(H2,24,25,30). The van der Waals surface area contributed by atoms with Crippen molar-refractivity contribution >= 4 is 23.8 Å². The fraction of sp³-hybridized carbons (Fsp3) is 0.391. The number of nitrogens with zero attached hydrogens (tertiary/aromatic N) is 3. The van der Waals surface area contributed by atoms with Gasteiger partial charge in [-0.05, 0) is 38.1 Å². The lowest BCUT2D eigenvalue weighted by Gasteiger charge is -2.27. The van der Waals surface area contributed by atoms with Gasteiger partial charge in [0.15, 0.2) is 5.16 Å². The van der Waals surface area contributed by atoms with Crippen LogP contribution in [-0.4, -0.2) is 39.1 Å². The zero-order chi connectivity index (χ0) is 24.2. The molecular formula is C23H27N5O5S. The second-order valence-electron chi connectivity index (χ2n) is 8.04. The molecule has 4 heterocycles. The number of urea groups is 1. The number of hydrogen-bond donors (Lipinski definition) is 2. The highest BCUT2D eigenvalue weighted by molar-refractivity contribution is 7.99. The summed E-state index contributed by atoms with van der Waals surface area (Å²) < 4.78 is 18.5. The predicted molar refractivity (Wildman–Crippen MR) is 124 cm³/mol. The molecule has 1 unspecified atom stereocenters. The summed E-state index contributed by atoms with van der Waals surface area (Å²) in [6.45, 7) is 8.30. The van der Waals surface area contributed by atoms with Crippen molar-refractivity contribution in [3.63, 3.8) is 0 Å². The Morgan fingerprint density at radius 3 is 2.76 bits per heavy atom. The zero-order valence-electron chi connectivity index (χ0n) is 19.5. The van der Waals surface area contributed by atoms with Crippen molar-refractivity contribution in [2.45, 2.75) is 51.4 Å². The summed E-state index contributed by atoms with van der Waals surface area (Å²) in [6, 6.07) is 6.06. The monoisotopic (exact) mass is 485 g/mol. The molecule has 3 aromatic heterocycles. The van der Waals surface area contributed by atoms with Crippen LogP contribution in [0, 0.1) is 6.92 Å². The molecule has 0 aromatic carbocycles. The van der Waals surface area contributed by atoms with E-state index in [-0.39, 0.29) is 18.3 Å². The van der Waals surface area contributed by atoms with Gasteiger partial charge in [-0.1, -0.05) is 25.6 Å². The maximum atomic E-state index is 12.9. The van der Waals surface area contributed by atoms with Crippen LogP contribution in [0.4, 0.5) is 4.79 Å². The third-order valence-corrected chi connectivity index (χ3v) is 6.19. The molecule has 1 aliphatic heterocycles. The van der Waals surface area contributed by atoms with Gasteiger partial charge >= 0.3 is 12.0 Å². The highest BCUT2D eigenvalue weighted by atomic mass is 32.2. The molecular weight excluding hydrogens is 458 g/mol. The summed E-state index contributed by atoms with van der Waals surface area (Å²) in [7, 11) is 0. The molecule has 180 valence electrons. The Hall–Kier alpha value is -3.47. The average molecular weight is 486 g/mol. The van der Waals surface area contributed by atoms with E-state index in [2.05, 4.69) is 20.8 Å². The van der Waals surface area contributed by atoms with Gasteiger partial charge in [-0.2, -0.15) is 0 Å². The highest BCUT2D eigenvalue weighted by Gasteiger charge is 2.35. The lowest BCUT2D eigenvalue weighted by atomic mass is 10.0. The van der Waals surface area contributed by atoms with Crippen molar-refractivity contribution in [2.24, 2.45) is 0 Å². The van der Waals surface area contributed by atoms with Gasteiger partial charge in [0.2, 0.25) is 0 Å². The number of ether oxygens (including phenoxy) is 1. The van der Waals surface area contributed by atoms with Crippen molar-refractivity contribution in [3.8, 4) is 0 Å². The van der Waals surface area contributed by atoms with Crippen LogP contribution in [0.3, 0.4) is 0 Å². The number of rotatable bonds is 9. The molecule has 0 saturated heterocycles. The van der Waals surface area contributed by atoms with Crippen LogP contribution in [0.25, 0.3) is 0 Å². The van der Waals surface area contributed by atoms with Gasteiger partial charge in [-0.3, -0.25) is 4.57 Å². The normalized spacial score (nSPS) is 16.0. The molecule has 34 heavy (non-hydrogen) atoms. The van der Waals surface area contributed by atoms with Crippen molar-refractivity contribution in [1.82, 2.24) is 25.4 Å². The minimum atomic E-state index is -0.760. The Kier molecular flexibility index (Phi) is 7.11. The molecule has 0 bridgehead atoms. The Labute approximate surface area is 201 Å². The minimum Gasteiger partial charge on any atom is -0.467 e. The van der Waals surface area contributed by atoms with Gasteiger partial charge in [0.1, 0.15) is 29.1 Å². The van der Waals surface area contributed by atoms with E-state index >= 15 is 0 Å². The molecule has 0 fully saturated rings. The maximum absolute atomic E-state index is 12.9. The van der Waals surface area contributed by atoms with E-state index in [1.54, 1.807) is 32.2 Å². The first-order chi connectivity index (χ1) is 16.4. The summed E-state index contributed by atoms with van der Waals surface area (Å²) in [5.41, 5.74) is 0.731. The van der Waals surface area contributed by atoms with Crippen molar-refractivity contribution in [1.29, 1.82) is 0 Å². The van der Waals surface area contributed by atoms with Crippen LogP contribution in [0.5, 0.6) is 0 Å². The number of amides is 2. The van der Waals surface area contributed by atoms with Crippen LogP contribution in [0.1, 0.15) is 55.8 Å². The SMILES string of the molecule is CCOC(=O)C1=C(CSc2nnc(C(C)C)n2Cc2ccco2)NC(=O)NC1c1ccc(C)o1. The molecule has 10 nitrogen and oxygen atoms in total. The van der Waals surface area contributed by atoms with Crippen LogP contribution in [0.15, 0.2) is 55.8 Å². The Balaban J connectivity index is 1.66. The summed E-state index contributed by atoms with van der Waals surface area (Å²) in [5, 5.41) is 14.9. The van der Waals surface area contributed by atoms with Crippen molar-refractivity contribution < 1.29 is 23.2 Å². The number of aromatic nitrogens is 3. The van der Waals surface area contributed by atoms with E-state index in [1.807, 2.05) is 30.5 Å². The zero-order valence-corrected chi connectivity index (χ0v) is 20.3. The summed E-state index contributed by atoms with van der Waals surface area (Å²) in [4.78, 5) is 25.4. The molecule has 2 N–H and O–H groups in total. The summed E-state index contributed by atoms with van der Waals surface area (Å²) in [6.07, 6.45) is 1.62. The summed E-state index contributed by atoms with van der Waals surface area (Å²) >= 11 is 1.37. The van der Waals surface area contributed by atoms with Gasteiger partial charge in [0.05, 0.1) is 25.0 Å². The lowest BCUT2D eigenvalue weighted by molar-refractivity contribution is -0.139. The average Bonchev–Trinajstić information content (AvgIpc) is 3.54. The van der Waals surface area contributed by atoms with Gasteiger partial charge in [-0.25, -0.2) is 9.59 Å². The lowest BCUT2D eigenvalue weighted by Crippen LogP contribution is -2.46. The first-order valence-electron chi connectivity index (χ1n) is 11.0. The molecule has 3 aromatic rings. The molecule has 2 amide bonds. The highest BCUT2D eigenvalue weighted by Crippen LogP contribution is 2.32. The smallest absolute Gasteiger partial charge is 0.338 e. The molecule has 4 rings (SSSR count). The largest absolute Gasteiger partial charge is 0.467 e. The van der Waals surface area contributed by atoms with E-state index in [0.29, 0.717) is 34.5 Å². The van der Waals surface area contributed by atoms with Gasteiger partial charge in [0.25, 0.3) is 0 Å². The predicted octanol–water partition coefficient (Wildman–Crippen LogP) is 3.91. The van der Waals surface area contributed by atoms with Gasteiger partial charge in [-0.15, -0.1) is 10.2 Å².